The first-order valence-electron chi connectivity index (χ1n) is 7.03. The van der Waals surface area contributed by atoms with Crippen molar-refractivity contribution in [2.24, 2.45) is 0 Å². The highest BCUT2D eigenvalue weighted by Crippen LogP contribution is 2.24. The minimum absolute atomic E-state index is 0.0278. The highest BCUT2D eigenvalue weighted by atomic mass is 35.5. The quantitative estimate of drug-likeness (QED) is 0.514. The number of carbonyl (C=O) groups excluding carboxylic acids is 1. The summed E-state index contributed by atoms with van der Waals surface area (Å²) in [7, 11) is 0. The van der Waals surface area contributed by atoms with E-state index < -0.39 is 0 Å². The molecular weight excluding hydrogens is 330 g/mol. The maximum absolute atomic E-state index is 12.3. The lowest BCUT2D eigenvalue weighted by molar-refractivity contribution is 0.102. The number of thioether (sulfide) groups is 1. The first kappa shape index (κ1) is 15.8. The van der Waals surface area contributed by atoms with Gasteiger partial charge in [0.05, 0.1) is 16.5 Å². The van der Waals surface area contributed by atoms with E-state index in [1.807, 2.05) is 35.8 Å². The van der Waals surface area contributed by atoms with Crippen molar-refractivity contribution in [3.63, 3.8) is 0 Å². The third-order valence-electron chi connectivity index (χ3n) is 3.40. The Balaban J connectivity index is 1.78. The number of hydrogen-bond acceptors (Lipinski definition) is 4. The van der Waals surface area contributed by atoms with E-state index in [2.05, 4.69) is 10.2 Å². The Hall–Kier alpha value is -2.11. The van der Waals surface area contributed by atoms with E-state index >= 15 is 0 Å². The van der Waals surface area contributed by atoms with Crippen LogP contribution in [0.5, 0.6) is 0 Å². The SMILES string of the molecule is Cc1ccccc1-n1cnnc1SCC(=O)c1ccccc1Cl. The van der Waals surface area contributed by atoms with E-state index in [9.17, 15) is 4.79 Å². The van der Waals surface area contributed by atoms with Crippen molar-refractivity contribution < 1.29 is 4.79 Å². The number of Topliss-reactive ketones (excluding diaryl/α,β-unsaturated/α-hetero) is 1. The van der Waals surface area contributed by atoms with Gasteiger partial charge in [0.25, 0.3) is 0 Å². The smallest absolute Gasteiger partial charge is 0.196 e. The van der Waals surface area contributed by atoms with Gasteiger partial charge in [0.1, 0.15) is 6.33 Å². The molecule has 1 heterocycles. The highest BCUT2D eigenvalue weighted by molar-refractivity contribution is 7.99. The van der Waals surface area contributed by atoms with Gasteiger partial charge < -0.3 is 0 Å². The Bertz CT molecular complexity index is 847. The van der Waals surface area contributed by atoms with Crippen molar-refractivity contribution in [2.45, 2.75) is 12.1 Å². The number of nitrogens with zero attached hydrogens (tertiary/aromatic N) is 3. The molecule has 0 aliphatic carbocycles. The number of aromatic nitrogens is 3. The lowest BCUT2D eigenvalue weighted by Gasteiger charge is -2.09. The molecule has 3 rings (SSSR count). The standard InChI is InChI=1S/C17H14ClN3OS/c1-12-6-2-5-9-15(12)21-11-19-20-17(21)23-10-16(22)13-7-3-4-8-14(13)18/h2-9,11H,10H2,1H3. The third kappa shape index (κ3) is 3.46. The maximum atomic E-state index is 12.3. The zero-order valence-electron chi connectivity index (χ0n) is 12.4. The summed E-state index contributed by atoms with van der Waals surface area (Å²) in [6.07, 6.45) is 1.66. The molecule has 0 aliphatic heterocycles. The van der Waals surface area contributed by atoms with Crippen LogP contribution in [-0.2, 0) is 0 Å². The van der Waals surface area contributed by atoms with Crippen LogP contribution in [0.2, 0.25) is 5.02 Å². The van der Waals surface area contributed by atoms with Crippen molar-refractivity contribution in [1.82, 2.24) is 14.8 Å². The molecule has 0 radical (unpaired) electrons. The van der Waals surface area contributed by atoms with Crippen LogP contribution in [0.4, 0.5) is 0 Å². The molecule has 6 heteroatoms. The number of rotatable bonds is 5. The summed E-state index contributed by atoms with van der Waals surface area (Å²) in [6, 6.07) is 15.0. The molecule has 0 saturated carbocycles. The van der Waals surface area contributed by atoms with Crippen molar-refractivity contribution in [3.8, 4) is 5.69 Å². The number of halogens is 1. The van der Waals surface area contributed by atoms with Gasteiger partial charge in [0.2, 0.25) is 0 Å². The molecule has 116 valence electrons. The molecule has 0 atom stereocenters. The summed E-state index contributed by atoms with van der Waals surface area (Å²) in [5.41, 5.74) is 2.65. The van der Waals surface area contributed by atoms with Crippen LogP contribution in [-0.4, -0.2) is 26.3 Å². The van der Waals surface area contributed by atoms with Crippen molar-refractivity contribution in [1.29, 1.82) is 0 Å². The average Bonchev–Trinajstić information content (AvgIpc) is 3.02. The topological polar surface area (TPSA) is 47.8 Å². The molecule has 0 aliphatic rings. The number of aryl methyl sites for hydroxylation is 1. The van der Waals surface area contributed by atoms with E-state index in [0.29, 0.717) is 15.7 Å². The van der Waals surface area contributed by atoms with Crippen molar-refractivity contribution in [2.75, 3.05) is 5.75 Å². The van der Waals surface area contributed by atoms with E-state index in [-0.39, 0.29) is 11.5 Å². The zero-order valence-corrected chi connectivity index (χ0v) is 14.0. The molecule has 2 aromatic carbocycles. The van der Waals surface area contributed by atoms with E-state index in [1.54, 1.807) is 30.6 Å². The first-order chi connectivity index (χ1) is 11.2. The summed E-state index contributed by atoms with van der Waals surface area (Å²) >= 11 is 7.41. The van der Waals surface area contributed by atoms with Gasteiger partial charge in [-0.3, -0.25) is 9.36 Å². The largest absolute Gasteiger partial charge is 0.293 e. The van der Waals surface area contributed by atoms with Crippen LogP contribution < -0.4 is 0 Å². The predicted molar refractivity (Wildman–Crippen MR) is 92.6 cm³/mol. The lowest BCUT2D eigenvalue weighted by Crippen LogP contribution is -2.05. The van der Waals surface area contributed by atoms with Gasteiger partial charge in [-0.15, -0.1) is 10.2 Å². The molecule has 0 amide bonds. The highest BCUT2D eigenvalue weighted by Gasteiger charge is 2.14. The molecule has 1 aromatic heterocycles. The monoisotopic (exact) mass is 343 g/mol. The lowest BCUT2D eigenvalue weighted by atomic mass is 10.1. The molecule has 4 nitrogen and oxygen atoms in total. The van der Waals surface area contributed by atoms with Crippen LogP contribution in [0.25, 0.3) is 5.69 Å². The maximum Gasteiger partial charge on any atom is 0.196 e. The minimum Gasteiger partial charge on any atom is -0.293 e. The second-order valence-electron chi connectivity index (χ2n) is 4.96. The Kier molecular flexibility index (Phi) is 4.79. The van der Waals surface area contributed by atoms with E-state index in [0.717, 1.165) is 11.3 Å². The number of para-hydroxylation sites is 1. The fraction of sp³-hybridized carbons (Fsp3) is 0.118. The van der Waals surface area contributed by atoms with Gasteiger partial charge in [0, 0.05) is 5.56 Å². The molecule has 0 unspecified atom stereocenters. The second-order valence-corrected chi connectivity index (χ2v) is 6.31. The summed E-state index contributed by atoms with van der Waals surface area (Å²) in [4.78, 5) is 12.3. The fourth-order valence-corrected chi connectivity index (χ4v) is 3.26. The Morgan fingerprint density at radius 1 is 1.17 bits per heavy atom. The Morgan fingerprint density at radius 2 is 1.91 bits per heavy atom. The van der Waals surface area contributed by atoms with Gasteiger partial charge in [-0.1, -0.05) is 53.7 Å². The van der Waals surface area contributed by atoms with Crippen LogP contribution in [0.15, 0.2) is 60.0 Å². The van der Waals surface area contributed by atoms with Gasteiger partial charge >= 0.3 is 0 Å². The van der Waals surface area contributed by atoms with Crippen LogP contribution in [0.3, 0.4) is 0 Å². The molecular formula is C17H14ClN3OS. The summed E-state index contributed by atoms with van der Waals surface area (Å²) in [5.74, 6) is 0.230. The summed E-state index contributed by atoms with van der Waals surface area (Å²) < 4.78 is 1.89. The zero-order chi connectivity index (χ0) is 16.2. The number of carbonyl (C=O) groups is 1. The summed E-state index contributed by atoms with van der Waals surface area (Å²) in [5, 5.41) is 9.23. The molecule has 3 aromatic rings. The van der Waals surface area contributed by atoms with Gasteiger partial charge in [-0.2, -0.15) is 0 Å². The Morgan fingerprint density at radius 3 is 2.70 bits per heavy atom. The third-order valence-corrected chi connectivity index (χ3v) is 4.67. The molecule has 23 heavy (non-hydrogen) atoms. The van der Waals surface area contributed by atoms with Gasteiger partial charge in [-0.25, -0.2) is 0 Å². The van der Waals surface area contributed by atoms with E-state index in [4.69, 9.17) is 11.6 Å². The van der Waals surface area contributed by atoms with Gasteiger partial charge in [0.15, 0.2) is 10.9 Å². The van der Waals surface area contributed by atoms with Gasteiger partial charge in [-0.05, 0) is 30.7 Å². The average molecular weight is 344 g/mol. The van der Waals surface area contributed by atoms with Crippen LogP contribution in [0.1, 0.15) is 15.9 Å². The van der Waals surface area contributed by atoms with Crippen molar-refractivity contribution >= 4 is 29.1 Å². The van der Waals surface area contributed by atoms with Crippen LogP contribution in [0, 0.1) is 6.92 Å². The fourth-order valence-electron chi connectivity index (χ4n) is 2.22. The first-order valence-corrected chi connectivity index (χ1v) is 8.39. The molecule has 0 bridgehead atoms. The minimum atomic E-state index is -0.0278. The van der Waals surface area contributed by atoms with Crippen molar-refractivity contribution in [3.05, 3.63) is 71.0 Å². The normalized spacial score (nSPS) is 10.7. The molecule has 0 fully saturated rings. The van der Waals surface area contributed by atoms with Crippen LogP contribution >= 0.6 is 23.4 Å². The van der Waals surface area contributed by atoms with E-state index in [1.165, 1.54) is 11.8 Å². The summed E-state index contributed by atoms with van der Waals surface area (Å²) in [6.45, 7) is 2.03. The Labute approximate surface area is 143 Å². The second kappa shape index (κ2) is 6.98. The molecule has 0 saturated heterocycles. The molecule has 0 N–H and O–H groups in total. The predicted octanol–water partition coefficient (Wildman–Crippen LogP) is 4.20. The number of benzene rings is 2. The number of hydrogen-bond donors (Lipinski definition) is 0. The molecule has 0 spiro atoms. The number of ketones is 1.